The van der Waals surface area contributed by atoms with Crippen molar-refractivity contribution in [3.05, 3.63) is 70.0 Å². The zero-order valence-corrected chi connectivity index (χ0v) is 16.5. The van der Waals surface area contributed by atoms with E-state index in [1.807, 2.05) is 12.1 Å². The van der Waals surface area contributed by atoms with Crippen molar-refractivity contribution in [1.29, 1.82) is 0 Å². The van der Waals surface area contributed by atoms with E-state index in [0.29, 0.717) is 0 Å². The molecular weight excluding hydrogens is 412 g/mol. The molecule has 3 aromatic rings. The number of aromatic nitrogens is 1. The normalized spacial score (nSPS) is 10.4. The highest BCUT2D eigenvalue weighted by molar-refractivity contribution is 7.22. The molecule has 0 saturated heterocycles. The molecule has 2 aromatic heterocycles. The predicted molar refractivity (Wildman–Crippen MR) is 110 cm³/mol. The molecule has 0 aliphatic heterocycles. The summed E-state index contributed by atoms with van der Waals surface area (Å²) in [6.07, 6.45) is 2.98. The number of anilines is 1. The van der Waals surface area contributed by atoms with Crippen LogP contribution in [0.15, 0.2) is 48.8 Å². The minimum atomic E-state index is -0.936. The molecule has 0 bridgehead atoms. The number of rotatable bonds is 9. The summed E-state index contributed by atoms with van der Waals surface area (Å²) in [5.74, 6) is -0.130. The van der Waals surface area contributed by atoms with Gasteiger partial charge < -0.3 is 20.2 Å². The first-order chi connectivity index (χ1) is 14.5. The first-order valence-corrected chi connectivity index (χ1v) is 9.70. The number of nitrogens with one attached hydrogen (secondary N) is 2. The molecule has 1 aromatic carbocycles. The van der Waals surface area contributed by atoms with E-state index < -0.39 is 11.2 Å². The molecule has 30 heavy (non-hydrogen) atoms. The number of fused-ring (bicyclic) bond motifs is 1. The summed E-state index contributed by atoms with van der Waals surface area (Å²) in [5, 5.41) is 16.1. The van der Waals surface area contributed by atoms with Gasteiger partial charge in [-0.1, -0.05) is 24.3 Å². The molecule has 0 radical (unpaired) electrons. The standard InChI is InChI=1S/C19H18N4O6S/c24-17(22-18-10-15-5-6-20-11-16(15)30-18)9-13-1-3-14(4-2-13)12-28-19(25)21-7-8-29-23(26)27/h1-6,10-11H,7-9,12H2,(H,21,25)(H,22,24). The molecule has 0 fully saturated rings. The molecule has 0 aliphatic carbocycles. The lowest BCUT2D eigenvalue weighted by Crippen LogP contribution is -2.28. The second-order valence-electron chi connectivity index (χ2n) is 6.13. The minimum Gasteiger partial charge on any atom is -0.445 e. The number of pyridine rings is 1. The van der Waals surface area contributed by atoms with E-state index in [1.165, 1.54) is 11.3 Å². The average Bonchev–Trinajstić information content (AvgIpc) is 3.12. The zero-order chi connectivity index (χ0) is 21.3. The van der Waals surface area contributed by atoms with Crippen molar-refractivity contribution in [2.75, 3.05) is 18.5 Å². The third-order valence-electron chi connectivity index (χ3n) is 3.91. The van der Waals surface area contributed by atoms with Crippen LogP contribution in [0.4, 0.5) is 9.80 Å². The van der Waals surface area contributed by atoms with Crippen molar-refractivity contribution in [2.24, 2.45) is 0 Å². The third kappa shape index (κ3) is 6.41. The first kappa shape index (κ1) is 21.0. The maximum Gasteiger partial charge on any atom is 0.407 e. The average molecular weight is 430 g/mol. The molecule has 0 spiro atoms. The Morgan fingerprint density at radius 3 is 2.67 bits per heavy atom. The third-order valence-corrected chi connectivity index (χ3v) is 4.91. The Bertz CT molecular complexity index is 1000. The molecule has 0 atom stereocenters. The molecule has 2 heterocycles. The fourth-order valence-corrected chi connectivity index (χ4v) is 3.49. The quantitative estimate of drug-likeness (QED) is 0.303. The van der Waals surface area contributed by atoms with E-state index in [2.05, 4.69) is 20.5 Å². The van der Waals surface area contributed by atoms with Gasteiger partial charge in [-0.2, -0.15) is 0 Å². The molecule has 0 saturated carbocycles. The highest BCUT2D eigenvalue weighted by Gasteiger charge is 2.08. The molecule has 0 unspecified atom stereocenters. The predicted octanol–water partition coefficient (Wildman–Crippen LogP) is 2.91. The molecule has 3 rings (SSSR count). The SMILES string of the molecule is O=C(Cc1ccc(COC(=O)NCCO[N+](=O)[O-])cc1)Nc1cc2ccncc2s1. The summed E-state index contributed by atoms with van der Waals surface area (Å²) in [4.78, 5) is 41.9. The van der Waals surface area contributed by atoms with Crippen molar-refractivity contribution in [3.8, 4) is 0 Å². The van der Waals surface area contributed by atoms with Gasteiger partial charge in [0.2, 0.25) is 5.91 Å². The summed E-state index contributed by atoms with van der Waals surface area (Å²) >= 11 is 1.47. The fourth-order valence-electron chi connectivity index (χ4n) is 2.54. The lowest BCUT2D eigenvalue weighted by Gasteiger charge is -2.07. The number of alkyl carbamates (subject to hydrolysis) is 1. The summed E-state index contributed by atoms with van der Waals surface area (Å²) in [7, 11) is 0. The Morgan fingerprint density at radius 2 is 1.93 bits per heavy atom. The Kier molecular flexibility index (Phi) is 7.11. The number of benzene rings is 1. The monoisotopic (exact) mass is 430 g/mol. The number of carbonyl (C=O) groups excluding carboxylic acids is 2. The summed E-state index contributed by atoms with van der Waals surface area (Å²) < 4.78 is 6.01. The van der Waals surface area contributed by atoms with Crippen LogP contribution in [-0.4, -0.2) is 35.2 Å². The number of carbonyl (C=O) groups is 2. The molecule has 2 N–H and O–H groups in total. The van der Waals surface area contributed by atoms with Gasteiger partial charge in [0.1, 0.15) is 13.2 Å². The molecule has 156 valence electrons. The largest absolute Gasteiger partial charge is 0.445 e. The minimum absolute atomic E-state index is 0.0320. The molecule has 11 heteroatoms. The Balaban J connectivity index is 1.42. The van der Waals surface area contributed by atoms with Gasteiger partial charge in [0.05, 0.1) is 16.1 Å². The molecular formula is C19H18N4O6S. The second-order valence-corrected chi connectivity index (χ2v) is 7.21. The van der Waals surface area contributed by atoms with Gasteiger partial charge in [0.15, 0.2) is 0 Å². The van der Waals surface area contributed by atoms with E-state index in [9.17, 15) is 19.7 Å². The van der Waals surface area contributed by atoms with Gasteiger partial charge in [-0.15, -0.1) is 21.5 Å². The van der Waals surface area contributed by atoms with Crippen molar-refractivity contribution in [1.82, 2.24) is 10.3 Å². The van der Waals surface area contributed by atoms with Crippen molar-refractivity contribution < 1.29 is 24.3 Å². The van der Waals surface area contributed by atoms with Gasteiger partial charge >= 0.3 is 6.09 Å². The van der Waals surface area contributed by atoms with E-state index >= 15 is 0 Å². The van der Waals surface area contributed by atoms with Crippen LogP contribution >= 0.6 is 11.3 Å². The maximum atomic E-state index is 12.3. The summed E-state index contributed by atoms with van der Waals surface area (Å²) in [5.41, 5.74) is 1.56. The Hall–Kier alpha value is -3.73. The topological polar surface area (TPSA) is 133 Å². The molecule has 10 nitrogen and oxygen atoms in total. The summed E-state index contributed by atoms with van der Waals surface area (Å²) in [6, 6.07) is 10.9. The van der Waals surface area contributed by atoms with E-state index in [-0.39, 0.29) is 32.1 Å². The van der Waals surface area contributed by atoms with Crippen LogP contribution in [0.1, 0.15) is 11.1 Å². The van der Waals surface area contributed by atoms with E-state index in [0.717, 1.165) is 26.2 Å². The number of nitrogens with zero attached hydrogens (tertiary/aromatic N) is 2. The highest BCUT2D eigenvalue weighted by Crippen LogP contribution is 2.28. The maximum absolute atomic E-state index is 12.3. The van der Waals surface area contributed by atoms with Gasteiger partial charge in [-0.25, -0.2) is 4.79 Å². The van der Waals surface area contributed by atoms with Crippen LogP contribution in [0.25, 0.3) is 10.1 Å². The van der Waals surface area contributed by atoms with Crippen molar-refractivity contribution >= 4 is 38.4 Å². The number of hydrogen-bond acceptors (Lipinski definition) is 8. The molecule has 0 aliphatic rings. The van der Waals surface area contributed by atoms with Gasteiger partial charge in [-0.3, -0.25) is 9.78 Å². The van der Waals surface area contributed by atoms with Crippen LogP contribution in [0.3, 0.4) is 0 Å². The van der Waals surface area contributed by atoms with Gasteiger partial charge in [-0.05, 0) is 28.6 Å². The first-order valence-electron chi connectivity index (χ1n) is 8.89. The number of thiophene rings is 1. The second kappa shape index (κ2) is 10.2. The van der Waals surface area contributed by atoms with Gasteiger partial charge in [0, 0.05) is 18.9 Å². The Labute approximate surface area is 174 Å². The lowest BCUT2D eigenvalue weighted by molar-refractivity contribution is -0.757. The van der Waals surface area contributed by atoms with Crippen LogP contribution in [0.5, 0.6) is 0 Å². The van der Waals surface area contributed by atoms with Crippen LogP contribution in [0, 0.1) is 10.1 Å². The van der Waals surface area contributed by atoms with Crippen molar-refractivity contribution in [2.45, 2.75) is 13.0 Å². The zero-order valence-electron chi connectivity index (χ0n) is 15.7. The van der Waals surface area contributed by atoms with Crippen LogP contribution < -0.4 is 10.6 Å². The van der Waals surface area contributed by atoms with Crippen LogP contribution in [-0.2, 0) is 27.4 Å². The molecule has 2 amide bonds. The smallest absolute Gasteiger partial charge is 0.407 e. The van der Waals surface area contributed by atoms with E-state index in [1.54, 1.807) is 36.7 Å². The van der Waals surface area contributed by atoms with Gasteiger partial charge in [0.25, 0.3) is 5.09 Å². The Morgan fingerprint density at radius 1 is 1.17 bits per heavy atom. The number of amides is 2. The van der Waals surface area contributed by atoms with E-state index in [4.69, 9.17) is 4.74 Å². The fraction of sp³-hybridized carbons (Fsp3) is 0.211. The van der Waals surface area contributed by atoms with Crippen molar-refractivity contribution in [3.63, 3.8) is 0 Å². The van der Waals surface area contributed by atoms with Crippen LogP contribution in [0.2, 0.25) is 0 Å². The number of ether oxygens (including phenoxy) is 1. The summed E-state index contributed by atoms with van der Waals surface area (Å²) in [6.45, 7) is -0.258. The highest BCUT2D eigenvalue weighted by atomic mass is 32.1. The number of hydrogen-bond donors (Lipinski definition) is 2. The lowest BCUT2D eigenvalue weighted by atomic mass is 10.1.